The normalized spacial score (nSPS) is 11.7. The Labute approximate surface area is 98.1 Å². The maximum atomic E-state index is 2.28. The second-order valence-electron chi connectivity index (χ2n) is 4.36. The van der Waals surface area contributed by atoms with Crippen LogP contribution in [0.15, 0.2) is 23.2 Å². The minimum Gasteiger partial charge on any atom is -0.141 e. The largest absolute Gasteiger partial charge is 0.141 e. The van der Waals surface area contributed by atoms with E-state index in [1.54, 1.807) is 0 Å². The van der Waals surface area contributed by atoms with Gasteiger partial charge in [0.1, 0.15) is 7.85 Å². The van der Waals surface area contributed by atoms with Crippen molar-refractivity contribution in [1.82, 2.24) is 0 Å². The third kappa shape index (κ3) is 3.10. The fourth-order valence-electron chi connectivity index (χ4n) is 1.31. The van der Waals surface area contributed by atoms with Gasteiger partial charge in [0.05, 0.1) is 0 Å². The lowest BCUT2D eigenvalue weighted by molar-refractivity contribution is 1.37. The molecule has 0 atom stereocenters. The van der Waals surface area contributed by atoms with Crippen molar-refractivity contribution in [2.75, 3.05) is 0 Å². The first-order chi connectivity index (χ1) is 6.91. The SMILES string of the molecule is BC(/C=C(\C)c1cc(C)c(C)s1)=C(C)C. The van der Waals surface area contributed by atoms with Gasteiger partial charge in [0.25, 0.3) is 0 Å². The Kier molecular flexibility index (Phi) is 3.98. The van der Waals surface area contributed by atoms with Crippen LogP contribution >= 0.6 is 11.3 Å². The fourth-order valence-corrected chi connectivity index (χ4v) is 2.31. The Balaban J connectivity index is 3.05. The van der Waals surface area contributed by atoms with E-state index in [0.717, 1.165) is 0 Å². The molecule has 0 saturated carbocycles. The summed E-state index contributed by atoms with van der Waals surface area (Å²) in [4.78, 5) is 2.82. The first kappa shape index (κ1) is 12.3. The van der Waals surface area contributed by atoms with E-state index in [4.69, 9.17) is 0 Å². The molecule has 0 aromatic carbocycles. The van der Waals surface area contributed by atoms with Crippen molar-refractivity contribution in [3.05, 3.63) is 38.5 Å². The van der Waals surface area contributed by atoms with E-state index in [1.165, 1.54) is 31.9 Å². The third-order valence-corrected chi connectivity index (χ3v) is 4.06. The molecular weight excluding hydrogens is 199 g/mol. The molecule has 0 N–H and O–H groups in total. The first-order valence-corrected chi connectivity index (χ1v) is 6.13. The van der Waals surface area contributed by atoms with Crippen LogP contribution in [0.1, 0.15) is 36.1 Å². The lowest BCUT2D eigenvalue weighted by atomic mass is 9.89. The molecule has 0 aliphatic rings. The zero-order valence-corrected chi connectivity index (χ0v) is 11.4. The molecule has 15 heavy (non-hydrogen) atoms. The molecule has 0 nitrogen and oxygen atoms in total. The van der Waals surface area contributed by atoms with Gasteiger partial charge in [-0.3, -0.25) is 0 Å². The second-order valence-corrected chi connectivity index (χ2v) is 5.62. The van der Waals surface area contributed by atoms with Crippen LogP contribution in [-0.2, 0) is 0 Å². The summed E-state index contributed by atoms with van der Waals surface area (Å²) in [5.41, 5.74) is 5.53. The summed E-state index contributed by atoms with van der Waals surface area (Å²) in [5.74, 6) is 0. The zero-order chi connectivity index (χ0) is 11.6. The number of hydrogen-bond acceptors (Lipinski definition) is 1. The van der Waals surface area contributed by atoms with Gasteiger partial charge >= 0.3 is 0 Å². The van der Waals surface area contributed by atoms with Crippen molar-refractivity contribution < 1.29 is 0 Å². The van der Waals surface area contributed by atoms with Gasteiger partial charge in [0.15, 0.2) is 0 Å². The Hall–Kier alpha value is -0.755. The molecule has 0 aliphatic heterocycles. The third-order valence-electron chi connectivity index (χ3n) is 2.78. The number of rotatable bonds is 2. The Morgan fingerprint density at radius 2 is 1.87 bits per heavy atom. The molecule has 0 spiro atoms. The van der Waals surface area contributed by atoms with E-state index < -0.39 is 0 Å². The standard InChI is InChI=1S/C13H19BS/c1-8(2)12(14)6-10(4)13-7-9(3)11(5)15-13/h6-7H,14H2,1-5H3/b10-6+. The quantitative estimate of drug-likeness (QED) is 0.524. The van der Waals surface area contributed by atoms with Crippen LogP contribution in [0.2, 0.25) is 0 Å². The summed E-state index contributed by atoms with van der Waals surface area (Å²) in [7, 11) is 2.17. The molecule has 2 heteroatoms. The number of allylic oxidation sites excluding steroid dienone is 4. The molecule has 0 fully saturated rings. The molecule has 0 saturated heterocycles. The number of thiophene rings is 1. The molecule has 1 aromatic rings. The molecule has 1 aromatic heterocycles. The smallest absolute Gasteiger partial charge is 0.139 e. The van der Waals surface area contributed by atoms with Gasteiger partial charge in [-0.25, -0.2) is 0 Å². The van der Waals surface area contributed by atoms with Crippen LogP contribution in [0.4, 0.5) is 0 Å². The molecule has 80 valence electrons. The van der Waals surface area contributed by atoms with E-state index in [0.29, 0.717) is 0 Å². The van der Waals surface area contributed by atoms with Crippen molar-refractivity contribution in [2.45, 2.75) is 34.6 Å². The highest BCUT2D eigenvalue weighted by Gasteiger charge is 2.03. The highest BCUT2D eigenvalue weighted by molar-refractivity contribution is 7.13. The maximum Gasteiger partial charge on any atom is 0.139 e. The van der Waals surface area contributed by atoms with Crippen LogP contribution in [-0.4, -0.2) is 7.85 Å². The van der Waals surface area contributed by atoms with Crippen LogP contribution in [0.3, 0.4) is 0 Å². The first-order valence-electron chi connectivity index (χ1n) is 5.31. The van der Waals surface area contributed by atoms with E-state index >= 15 is 0 Å². The molecular formula is C13H19BS. The predicted octanol–water partition coefficient (Wildman–Crippen LogP) is 3.70. The summed E-state index contributed by atoms with van der Waals surface area (Å²) in [5, 5.41) is 0. The summed E-state index contributed by atoms with van der Waals surface area (Å²) >= 11 is 1.89. The fraction of sp³-hybridized carbons (Fsp3) is 0.385. The van der Waals surface area contributed by atoms with Crippen LogP contribution < -0.4 is 0 Å². The molecule has 1 rings (SSSR count). The van der Waals surface area contributed by atoms with Crippen molar-refractivity contribution >= 4 is 24.8 Å². The Morgan fingerprint density at radius 1 is 1.27 bits per heavy atom. The van der Waals surface area contributed by atoms with Gasteiger partial charge in [0, 0.05) is 9.75 Å². The van der Waals surface area contributed by atoms with Crippen molar-refractivity contribution in [3.63, 3.8) is 0 Å². The van der Waals surface area contributed by atoms with Crippen LogP contribution in [0.25, 0.3) is 5.57 Å². The van der Waals surface area contributed by atoms with Gasteiger partial charge < -0.3 is 0 Å². The highest BCUT2D eigenvalue weighted by atomic mass is 32.1. The van der Waals surface area contributed by atoms with Crippen molar-refractivity contribution in [2.24, 2.45) is 0 Å². The summed E-state index contributed by atoms with van der Waals surface area (Å²) in [6.45, 7) is 10.9. The number of hydrogen-bond donors (Lipinski definition) is 0. The van der Waals surface area contributed by atoms with Gasteiger partial charge in [0.2, 0.25) is 0 Å². The topological polar surface area (TPSA) is 0 Å². The van der Waals surface area contributed by atoms with Crippen molar-refractivity contribution in [3.8, 4) is 0 Å². The Bertz CT molecular complexity index is 398. The van der Waals surface area contributed by atoms with Crippen LogP contribution in [0, 0.1) is 13.8 Å². The van der Waals surface area contributed by atoms with Gasteiger partial charge in [-0.2, -0.15) is 0 Å². The Morgan fingerprint density at radius 3 is 2.27 bits per heavy atom. The lowest BCUT2D eigenvalue weighted by Crippen LogP contribution is -1.82. The summed E-state index contributed by atoms with van der Waals surface area (Å²) < 4.78 is 0. The molecule has 0 aliphatic carbocycles. The average molecular weight is 218 g/mol. The molecule has 0 radical (unpaired) electrons. The highest BCUT2D eigenvalue weighted by Crippen LogP contribution is 2.27. The monoisotopic (exact) mass is 218 g/mol. The molecule has 0 unspecified atom stereocenters. The average Bonchev–Trinajstić information content (AvgIpc) is 2.46. The van der Waals surface area contributed by atoms with Gasteiger partial charge in [-0.1, -0.05) is 17.1 Å². The van der Waals surface area contributed by atoms with E-state index in [2.05, 4.69) is 54.6 Å². The number of aryl methyl sites for hydroxylation is 2. The summed E-state index contributed by atoms with van der Waals surface area (Å²) in [6.07, 6.45) is 2.28. The van der Waals surface area contributed by atoms with E-state index in [9.17, 15) is 0 Å². The minimum atomic E-state index is 1.37. The van der Waals surface area contributed by atoms with Crippen LogP contribution in [0.5, 0.6) is 0 Å². The second kappa shape index (κ2) is 4.85. The molecule has 0 bridgehead atoms. The zero-order valence-electron chi connectivity index (χ0n) is 10.6. The van der Waals surface area contributed by atoms with Gasteiger partial charge in [-0.15, -0.1) is 11.3 Å². The maximum absolute atomic E-state index is 2.28. The van der Waals surface area contributed by atoms with E-state index in [1.807, 2.05) is 11.3 Å². The van der Waals surface area contributed by atoms with Gasteiger partial charge in [-0.05, 0) is 51.8 Å². The van der Waals surface area contributed by atoms with Crippen molar-refractivity contribution in [1.29, 1.82) is 0 Å². The van der Waals surface area contributed by atoms with E-state index in [-0.39, 0.29) is 0 Å². The predicted molar refractivity (Wildman–Crippen MR) is 74.4 cm³/mol. The minimum absolute atomic E-state index is 1.37. The lowest BCUT2D eigenvalue weighted by Gasteiger charge is -2.00. The summed E-state index contributed by atoms with van der Waals surface area (Å²) in [6, 6.07) is 2.28. The molecule has 0 amide bonds. The molecule has 1 heterocycles.